The Hall–Kier alpha value is -3.06. The highest BCUT2D eigenvalue weighted by Crippen LogP contribution is 2.45. The van der Waals surface area contributed by atoms with Crippen LogP contribution in [0.5, 0.6) is 0 Å². The summed E-state index contributed by atoms with van der Waals surface area (Å²) in [6.45, 7) is 7.10. The van der Waals surface area contributed by atoms with Crippen LogP contribution in [0.4, 0.5) is 4.39 Å². The van der Waals surface area contributed by atoms with Gasteiger partial charge >= 0.3 is 5.97 Å². The first kappa shape index (κ1) is 20.5. The zero-order valence-electron chi connectivity index (χ0n) is 19.0. The number of benzene rings is 1. The van der Waals surface area contributed by atoms with Gasteiger partial charge in [-0.2, -0.15) is 0 Å². The van der Waals surface area contributed by atoms with Crippen LogP contribution >= 0.6 is 0 Å². The molecule has 1 N–H and O–H groups in total. The van der Waals surface area contributed by atoms with E-state index in [2.05, 4.69) is 12.2 Å². The summed E-state index contributed by atoms with van der Waals surface area (Å²) in [5.41, 5.74) is 7.13. The number of cyclic esters (lactones) is 1. The van der Waals surface area contributed by atoms with Crippen molar-refractivity contribution in [1.29, 1.82) is 0 Å². The maximum Gasteiger partial charge on any atom is 0.313 e. The molecule has 33 heavy (non-hydrogen) atoms. The van der Waals surface area contributed by atoms with Crippen molar-refractivity contribution >= 4 is 16.9 Å². The molecule has 2 aromatic heterocycles. The number of fused-ring (bicyclic) bond motifs is 5. The van der Waals surface area contributed by atoms with Crippen LogP contribution < -0.4 is 10.9 Å². The second-order valence-electron chi connectivity index (χ2n) is 9.28. The minimum absolute atomic E-state index is 0.0109. The Morgan fingerprint density at radius 1 is 1.21 bits per heavy atom. The molecule has 2 atom stereocenters. The number of carbonyl (C=O) groups is 1. The van der Waals surface area contributed by atoms with Crippen molar-refractivity contribution in [3.63, 3.8) is 0 Å². The largest absolute Gasteiger partial charge is 0.460 e. The van der Waals surface area contributed by atoms with Crippen LogP contribution in [-0.4, -0.2) is 22.1 Å². The summed E-state index contributed by atoms with van der Waals surface area (Å²) in [5, 5.41) is 4.62. The number of esters is 1. The number of hydrogen-bond donors (Lipinski definition) is 1. The van der Waals surface area contributed by atoms with Crippen molar-refractivity contribution in [3.8, 4) is 11.4 Å². The van der Waals surface area contributed by atoms with Crippen LogP contribution in [0, 0.1) is 12.7 Å². The van der Waals surface area contributed by atoms with Gasteiger partial charge in [0.05, 0.1) is 34.9 Å². The quantitative estimate of drug-likeness (QED) is 0.480. The molecule has 7 heteroatoms. The predicted molar refractivity (Wildman–Crippen MR) is 123 cm³/mol. The fraction of sp³-hybridized carbons (Fsp3) is 0.423. The molecule has 2 aliphatic heterocycles. The zero-order chi connectivity index (χ0) is 23.0. The molecule has 170 valence electrons. The molecule has 0 radical (unpaired) electrons. The summed E-state index contributed by atoms with van der Waals surface area (Å²) in [6, 6.07) is 3.59. The lowest BCUT2D eigenvalue weighted by molar-refractivity contribution is -0.148. The van der Waals surface area contributed by atoms with Crippen LogP contribution in [0.1, 0.15) is 72.0 Å². The number of aromatic nitrogens is 2. The van der Waals surface area contributed by atoms with Gasteiger partial charge in [0.15, 0.2) is 0 Å². The third-order valence-corrected chi connectivity index (χ3v) is 7.65. The van der Waals surface area contributed by atoms with Crippen molar-refractivity contribution in [3.05, 3.63) is 61.7 Å². The molecule has 0 saturated carbocycles. The lowest BCUT2D eigenvalue weighted by Crippen LogP contribution is -2.32. The maximum atomic E-state index is 14.8. The third kappa shape index (κ3) is 2.72. The van der Waals surface area contributed by atoms with Gasteiger partial charge in [0.25, 0.3) is 5.56 Å². The fourth-order valence-corrected chi connectivity index (χ4v) is 6.03. The molecule has 1 aliphatic carbocycles. The van der Waals surface area contributed by atoms with Gasteiger partial charge in [0, 0.05) is 23.1 Å². The standard InChI is InChI=1S/C26H26FN3O3/c1-4-13-15-8-21-24-16(10-30(21)25(31)17(15)11-33-26(13)32)23-19(28-5-2)7-6-14-12(3)18(27)9-20(29-24)22(14)23/h8-9,13,19,28H,4-7,10-11H2,1-3H3. The summed E-state index contributed by atoms with van der Waals surface area (Å²) in [4.78, 5) is 30.8. The Kier molecular flexibility index (Phi) is 4.49. The summed E-state index contributed by atoms with van der Waals surface area (Å²) in [5.74, 6) is -0.979. The normalized spacial score (nSPS) is 20.4. The van der Waals surface area contributed by atoms with Gasteiger partial charge in [-0.3, -0.25) is 9.59 Å². The van der Waals surface area contributed by atoms with E-state index in [0.717, 1.165) is 52.7 Å². The lowest BCUT2D eigenvalue weighted by Gasteiger charge is -2.29. The van der Waals surface area contributed by atoms with E-state index in [1.165, 1.54) is 6.07 Å². The Labute approximate surface area is 190 Å². The van der Waals surface area contributed by atoms with E-state index in [1.807, 2.05) is 19.9 Å². The molecule has 2 unspecified atom stereocenters. The SMILES string of the molecule is CCNC1CCc2c(C)c(F)cc3nc4c(c1c23)Cn1c-4cc2c(c1=O)COC(=O)C2CC. The number of nitrogens with one attached hydrogen (secondary N) is 1. The van der Waals surface area contributed by atoms with Crippen molar-refractivity contribution in [2.75, 3.05) is 6.54 Å². The van der Waals surface area contributed by atoms with Gasteiger partial charge in [0.2, 0.25) is 0 Å². The number of carbonyl (C=O) groups excluding carboxylic acids is 1. The molecule has 0 amide bonds. The van der Waals surface area contributed by atoms with E-state index in [9.17, 15) is 14.0 Å². The maximum absolute atomic E-state index is 14.8. The van der Waals surface area contributed by atoms with E-state index in [4.69, 9.17) is 9.72 Å². The third-order valence-electron chi connectivity index (χ3n) is 7.65. The minimum atomic E-state index is -0.448. The Morgan fingerprint density at radius 2 is 2.03 bits per heavy atom. The van der Waals surface area contributed by atoms with E-state index >= 15 is 0 Å². The Balaban J connectivity index is 1.67. The van der Waals surface area contributed by atoms with Crippen LogP contribution in [-0.2, 0) is 29.1 Å². The molecule has 3 aromatic rings. The molecule has 0 bridgehead atoms. The molecule has 0 fully saturated rings. The summed E-state index contributed by atoms with van der Waals surface area (Å²) in [7, 11) is 0. The van der Waals surface area contributed by atoms with Crippen molar-refractivity contribution in [2.24, 2.45) is 0 Å². The highest BCUT2D eigenvalue weighted by atomic mass is 19.1. The zero-order valence-corrected chi connectivity index (χ0v) is 19.0. The monoisotopic (exact) mass is 447 g/mol. The van der Waals surface area contributed by atoms with Crippen molar-refractivity contribution in [1.82, 2.24) is 14.9 Å². The van der Waals surface area contributed by atoms with Crippen LogP contribution in [0.2, 0.25) is 0 Å². The molecule has 0 spiro atoms. The highest BCUT2D eigenvalue weighted by Gasteiger charge is 2.37. The van der Waals surface area contributed by atoms with Gasteiger partial charge in [-0.25, -0.2) is 9.37 Å². The number of pyridine rings is 2. The van der Waals surface area contributed by atoms with Crippen molar-refractivity contribution < 1.29 is 13.9 Å². The molecular formula is C26H26FN3O3. The number of hydrogen-bond acceptors (Lipinski definition) is 5. The topological polar surface area (TPSA) is 73.2 Å². The second kappa shape index (κ2) is 7.22. The highest BCUT2D eigenvalue weighted by molar-refractivity contribution is 5.93. The van der Waals surface area contributed by atoms with Gasteiger partial charge in [0.1, 0.15) is 12.4 Å². The summed E-state index contributed by atoms with van der Waals surface area (Å²) >= 11 is 0. The first-order valence-corrected chi connectivity index (χ1v) is 11.8. The molecule has 1 aromatic carbocycles. The Bertz CT molecular complexity index is 1430. The lowest BCUT2D eigenvalue weighted by atomic mass is 9.81. The molecule has 0 saturated heterocycles. The van der Waals surface area contributed by atoms with E-state index in [-0.39, 0.29) is 30.0 Å². The minimum Gasteiger partial charge on any atom is -0.460 e. The first-order chi connectivity index (χ1) is 15.9. The number of rotatable bonds is 3. The Morgan fingerprint density at radius 3 is 2.79 bits per heavy atom. The average molecular weight is 448 g/mol. The molecule has 6 nitrogen and oxygen atoms in total. The van der Waals surface area contributed by atoms with E-state index < -0.39 is 5.92 Å². The van der Waals surface area contributed by atoms with Gasteiger partial charge in [-0.1, -0.05) is 13.8 Å². The number of halogens is 1. The second-order valence-corrected chi connectivity index (χ2v) is 9.28. The molecular weight excluding hydrogens is 421 g/mol. The average Bonchev–Trinajstić information content (AvgIpc) is 3.17. The fourth-order valence-electron chi connectivity index (χ4n) is 6.03. The number of aryl methyl sites for hydroxylation is 1. The van der Waals surface area contributed by atoms with Crippen molar-refractivity contribution in [2.45, 2.75) is 65.1 Å². The summed E-state index contributed by atoms with van der Waals surface area (Å²) in [6.07, 6.45) is 2.23. The van der Waals surface area contributed by atoms with Crippen LogP contribution in [0.3, 0.4) is 0 Å². The molecule has 4 heterocycles. The predicted octanol–water partition coefficient (Wildman–Crippen LogP) is 4.02. The first-order valence-electron chi connectivity index (χ1n) is 11.8. The molecule has 6 rings (SSSR count). The summed E-state index contributed by atoms with van der Waals surface area (Å²) < 4.78 is 21.9. The molecule has 3 aliphatic rings. The van der Waals surface area contributed by atoms with Crippen LogP contribution in [0.15, 0.2) is 16.9 Å². The van der Waals surface area contributed by atoms with E-state index in [1.54, 1.807) is 4.57 Å². The van der Waals surface area contributed by atoms with Gasteiger partial charge in [-0.15, -0.1) is 0 Å². The smallest absolute Gasteiger partial charge is 0.313 e. The van der Waals surface area contributed by atoms with Gasteiger partial charge in [-0.05, 0) is 61.1 Å². The number of nitrogens with zero attached hydrogens (tertiary/aromatic N) is 2. The number of ether oxygens (including phenoxy) is 1. The van der Waals surface area contributed by atoms with E-state index in [0.29, 0.717) is 35.3 Å². The van der Waals surface area contributed by atoms with Gasteiger partial charge < -0.3 is 14.6 Å². The van der Waals surface area contributed by atoms with Crippen LogP contribution in [0.25, 0.3) is 22.3 Å².